The number of aromatic nitrogens is 1. The van der Waals surface area contributed by atoms with E-state index in [0.717, 1.165) is 24.7 Å². The highest BCUT2D eigenvalue weighted by Gasteiger charge is 1.98. The van der Waals surface area contributed by atoms with Crippen molar-refractivity contribution >= 4 is 11.6 Å². The molecule has 110 valence electrons. The highest BCUT2D eigenvalue weighted by atomic mass is 15.1. The zero-order chi connectivity index (χ0) is 15.0. The van der Waals surface area contributed by atoms with E-state index in [-0.39, 0.29) is 0 Å². The lowest BCUT2D eigenvalue weighted by atomic mass is 10.2. The van der Waals surface area contributed by atoms with Gasteiger partial charge in [0.1, 0.15) is 11.6 Å². The van der Waals surface area contributed by atoms with Crippen molar-refractivity contribution in [2.45, 2.75) is 13.1 Å². The molecule has 0 aliphatic carbocycles. The first-order valence-electron chi connectivity index (χ1n) is 7.43. The molecule has 2 N–H and O–H groups in total. The van der Waals surface area contributed by atoms with Gasteiger partial charge in [0.2, 0.25) is 0 Å². The molecular formula is C19H19N3. The summed E-state index contributed by atoms with van der Waals surface area (Å²) in [6.07, 6.45) is 0. The van der Waals surface area contributed by atoms with E-state index in [1.165, 1.54) is 11.1 Å². The van der Waals surface area contributed by atoms with Crippen LogP contribution in [0.15, 0.2) is 78.9 Å². The molecule has 1 heterocycles. The summed E-state index contributed by atoms with van der Waals surface area (Å²) in [7, 11) is 0. The zero-order valence-corrected chi connectivity index (χ0v) is 12.4. The third-order valence-electron chi connectivity index (χ3n) is 3.38. The molecule has 0 fully saturated rings. The van der Waals surface area contributed by atoms with Gasteiger partial charge in [-0.2, -0.15) is 0 Å². The molecule has 0 aliphatic rings. The van der Waals surface area contributed by atoms with Crippen LogP contribution in [-0.4, -0.2) is 4.98 Å². The maximum absolute atomic E-state index is 4.58. The number of rotatable bonds is 6. The Bertz CT molecular complexity index is 637. The molecule has 0 aliphatic heterocycles. The smallest absolute Gasteiger partial charge is 0.128 e. The number of hydrogen-bond donors (Lipinski definition) is 2. The molecule has 0 amide bonds. The van der Waals surface area contributed by atoms with Crippen LogP contribution >= 0.6 is 0 Å². The lowest BCUT2D eigenvalue weighted by Crippen LogP contribution is -2.05. The highest BCUT2D eigenvalue weighted by molar-refractivity contribution is 5.45. The first-order chi connectivity index (χ1) is 10.9. The summed E-state index contributed by atoms with van der Waals surface area (Å²) in [5.41, 5.74) is 2.49. The average Bonchev–Trinajstić information content (AvgIpc) is 2.60. The standard InChI is InChI=1S/C19H19N3/c1-3-8-16(9-4-1)14-20-18-12-7-13-19(22-18)21-15-17-10-5-2-6-11-17/h1-13H,14-15H2,(H2,20,21,22). The molecule has 0 bridgehead atoms. The van der Waals surface area contributed by atoms with Crippen molar-refractivity contribution < 1.29 is 0 Å². The normalized spacial score (nSPS) is 10.2. The van der Waals surface area contributed by atoms with Gasteiger partial charge in [0.15, 0.2) is 0 Å². The van der Waals surface area contributed by atoms with Crippen LogP contribution in [0.3, 0.4) is 0 Å². The summed E-state index contributed by atoms with van der Waals surface area (Å²) in [5, 5.41) is 6.70. The minimum absolute atomic E-state index is 0.774. The SMILES string of the molecule is c1ccc(CNc2cccc(NCc3ccccc3)n2)cc1. The number of anilines is 2. The minimum atomic E-state index is 0.774. The Kier molecular flexibility index (Phi) is 4.67. The quantitative estimate of drug-likeness (QED) is 0.710. The summed E-state index contributed by atoms with van der Waals surface area (Å²) in [6, 6.07) is 26.6. The Hall–Kier alpha value is -2.81. The van der Waals surface area contributed by atoms with Crippen molar-refractivity contribution in [2.75, 3.05) is 10.6 Å². The predicted octanol–water partition coefficient (Wildman–Crippen LogP) is 4.31. The van der Waals surface area contributed by atoms with E-state index in [0.29, 0.717) is 0 Å². The molecule has 0 radical (unpaired) electrons. The van der Waals surface area contributed by atoms with Crippen molar-refractivity contribution in [1.29, 1.82) is 0 Å². The maximum Gasteiger partial charge on any atom is 0.128 e. The molecule has 1 aromatic heterocycles. The maximum atomic E-state index is 4.58. The van der Waals surface area contributed by atoms with Gasteiger partial charge in [0.05, 0.1) is 0 Å². The van der Waals surface area contributed by atoms with Gasteiger partial charge in [-0.05, 0) is 23.3 Å². The van der Waals surface area contributed by atoms with Gasteiger partial charge in [-0.1, -0.05) is 66.7 Å². The molecular weight excluding hydrogens is 270 g/mol. The molecule has 0 atom stereocenters. The number of hydrogen-bond acceptors (Lipinski definition) is 3. The van der Waals surface area contributed by atoms with Crippen LogP contribution in [0.2, 0.25) is 0 Å². The summed E-state index contributed by atoms with van der Waals surface area (Å²) < 4.78 is 0. The average molecular weight is 289 g/mol. The number of benzene rings is 2. The van der Waals surface area contributed by atoms with E-state index >= 15 is 0 Å². The number of nitrogens with one attached hydrogen (secondary N) is 2. The lowest BCUT2D eigenvalue weighted by molar-refractivity contribution is 1.08. The van der Waals surface area contributed by atoms with Crippen molar-refractivity contribution in [3.63, 3.8) is 0 Å². The van der Waals surface area contributed by atoms with E-state index in [1.54, 1.807) is 0 Å². The van der Waals surface area contributed by atoms with Gasteiger partial charge in [0, 0.05) is 13.1 Å². The first kappa shape index (κ1) is 14.1. The molecule has 3 rings (SSSR count). The molecule has 2 aromatic carbocycles. The molecule has 3 aromatic rings. The second kappa shape index (κ2) is 7.27. The molecule has 0 unspecified atom stereocenters. The molecule has 3 nitrogen and oxygen atoms in total. The zero-order valence-electron chi connectivity index (χ0n) is 12.4. The fourth-order valence-corrected chi connectivity index (χ4v) is 2.21. The summed E-state index contributed by atoms with van der Waals surface area (Å²) in [6.45, 7) is 1.55. The van der Waals surface area contributed by atoms with Crippen molar-refractivity contribution in [3.05, 3.63) is 90.0 Å². The van der Waals surface area contributed by atoms with Crippen LogP contribution in [0, 0.1) is 0 Å². The largest absolute Gasteiger partial charge is 0.366 e. The summed E-state index contributed by atoms with van der Waals surface area (Å²) in [4.78, 5) is 4.58. The van der Waals surface area contributed by atoms with Gasteiger partial charge < -0.3 is 10.6 Å². The van der Waals surface area contributed by atoms with Crippen LogP contribution in [-0.2, 0) is 13.1 Å². The number of pyridine rings is 1. The van der Waals surface area contributed by atoms with Crippen LogP contribution in [0.4, 0.5) is 11.6 Å². The third kappa shape index (κ3) is 4.09. The third-order valence-corrected chi connectivity index (χ3v) is 3.38. The fourth-order valence-electron chi connectivity index (χ4n) is 2.21. The van der Waals surface area contributed by atoms with Gasteiger partial charge in [-0.3, -0.25) is 0 Å². The molecule has 3 heteroatoms. The van der Waals surface area contributed by atoms with Crippen LogP contribution in [0.25, 0.3) is 0 Å². The summed E-state index contributed by atoms with van der Waals surface area (Å²) >= 11 is 0. The van der Waals surface area contributed by atoms with Crippen molar-refractivity contribution in [2.24, 2.45) is 0 Å². The van der Waals surface area contributed by atoms with Gasteiger partial charge in [-0.15, -0.1) is 0 Å². The first-order valence-corrected chi connectivity index (χ1v) is 7.43. The molecule has 0 saturated heterocycles. The van der Waals surface area contributed by atoms with E-state index in [4.69, 9.17) is 0 Å². The monoisotopic (exact) mass is 289 g/mol. The van der Waals surface area contributed by atoms with Gasteiger partial charge >= 0.3 is 0 Å². The Morgan fingerprint density at radius 3 is 1.45 bits per heavy atom. The Morgan fingerprint density at radius 1 is 0.545 bits per heavy atom. The number of nitrogens with zero attached hydrogens (tertiary/aromatic N) is 1. The van der Waals surface area contributed by atoms with Crippen LogP contribution in [0.5, 0.6) is 0 Å². The van der Waals surface area contributed by atoms with E-state index in [2.05, 4.69) is 39.9 Å². The summed E-state index contributed by atoms with van der Waals surface area (Å²) in [5.74, 6) is 1.75. The minimum Gasteiger partial charge on any atom is -0.366 e. The second-order valence-electron chi connectivity index (χ2n) is 5.09. The van der Waals surface area contributed by atoms with E-state index in [9.17, 15) is 0 Å². The van der Waals surface area contributed by atoms with E-state index < -0.39 is 0 Å². The Labute approximate surface area is 131 Å². The van der Waals surface area contributed by atoms with Crippen molar-refractivity contribution in [3.8, 4) is 0 Å². The Balaban J connectivity index is 1.58. The van der Waals surface area contributed by atoms with Crippen LogP contribution < -0.4 is 10.6 Å². The highest BCUT2D eigenvalue weighted by Crippen LogP contribution is 2.12. The van der Waals surface area contributed by atoms with Crippen LogP contribution in [0.1, 0.15) is 11.1 Å². The fraction of sp³-hybridized carbons (Fsp3) is 0.105. The predicted molar refractivity (Wildman–Crippen MR) is 91.8 cm³/mol. The molecule has 22 heavy (non-hydrogen) atoms. The van der Waals surface area contributed by atoms with Gasteiger partial charge in [-0.25, -0.2) is 4.98 Å². The lowest BCUT2D eigenvalue weighted by Gasteiger charge is -2.09. The van der Waals surface area contributed by atoms with E-state index in [1.807, 2.05) is 54.6 Å². The second-order valence-corrected chi connectivity index (χ2v) is 5.09. The molecule has 0 spiro atoms. The van der Waals surface area contributed by atoms with Gasteiger partial charge in [0.25, 0.3) is 0 Å². The topological polar surface area (TPSA) is 37.0 Å². The molecule has 0 saturated carbocycles. The van der Waals surface area contributed by atoms with Crippen molar-refractivity contribution in [1.82, 2.24) is 4.98 Å². The Morgan fingerprint density at radius 2 is 1.00 bits per heavy atom.